The zero-order valence-electron chi connectivity index (χ0n) is 15.3. The largest absolute Gasteiger partial charge is 0.347 e. The van der Waals surface area contributed by atoms with Crippen LogP contribution in [0.25, 0.3) is 0 Å². The highest BCUT2D eigenvalue weighted by Gasteiger charge is 2.35. The van der Waals surface area contributed by atoms with E-state index in [1.54, 1.807) is 14.1 Å². The summed E-state index contributed by atoms with van der Waals surface area (Å²) < 4.78 is 0. The minimum absolute atomic E-state index is 0.0967. The number of hydroxylamine groups is 2. The van der Waals surface area contributed by atoms with Crippen molar-refractivity contribution in [3.05, 3.63) is 0 Å². The van der Waals surface area contributed by atoms with E-state index in [0.29, 0.717) is 11.5 Å². The molecule has 0 aliphatic rings. The maximum atomic E-state index is 12.6. The molecule has 0 aromatic heterocycles. The lowest BCUT2D eigenvalue weighted by Crippen LogP contribution is -2.55. The van der Waals surface area contributed by atoms with Gasteiger partial charge in [-0.1, -0.05) is 34.6 Å². The number of rotatable bonds is 8. The van der Waals surface area contributed by atoms with Crippen LogP contribution in [0.2, 0.25) is 0 Å². The summed E-state index contributed by atoms with van der Waals surface area (Å²) >= 11 is 0. The maximum Gasteiger partial charge on any atom is 0.245 e. The van der Waals surface area contributed by atoms with Crippen LogP contribution in [0.1, 0.15) is 41.0 Å². The van der Waals surface area contributed by atoms with E-state index in [2.05, 4.69) is 5.32 Å². The average molecular weight is 329 g/mol. The second kappa shape index (κ2) is 8.86. The monoisotopic (exact) mass is 329 g/mol. The Kier molecular flexibility index (Phi) is 8.23. The number of nitrogens with one attached hydrogen (secondary N) is 1. The van der Waals surface area contributed by atoms with E-state index in [1.807, 2.05) is 34.6 Å². The fraction of sp³-hybridized carbons (Fsp3) is 0.812. The van der Waals surface area contributed by atoms with Crippen LogP contribution in [0, 0.1) is 17.3 Å². The summed E-state index contributed by atoms with van der Waals surface area (Å²) in [4.78, 5) is 37.0. The zero-order chi connectivity index (χ0) is 18.4. The summed E-state index contributed by atoms with van der Waals surface area (Å²) in [5.74, 6) is -0.895. The quantitative estimate of drug-likeness (QED) is 0.397. The van der Waals surface area contributed by atoms with Crippen molar-refractivity contribution < 1.29 is 19.6 Å². The number of hydrogen-bond acceptors (Lipinski definition) is 4. The minimum Gasteiger partial charge on any atom is -0.347 e. The van der Waals surface area contributed by atoms with Gasteiger partial charge in [0.1, 0.15) is 6.04 Å². The first kappa shape index (κ1) is 21.4. The van der Waals surface area contributed by atoms with Gasteiger partial charge in [0.25, 0.3) is 0 Å². The molecule has 0 fully saturated rings. The molecule has 0 saturated carbocycles. The molecule has 134 valence electrons. The van der Waals surface area contributed by atoms with Crippen LogP contribution in [-0.4, -0.2) is 60.1 Å². The number of likely N-dealkylation sites (N-methyl/N-ethyl adjacent to an activating group) is 1. The summed E-state index contributed by atoms with van der Waals surface area (Å²) in [6.07, 6.45) is 0.774. The highest BCUT2D eigenvalue weighted by Crippen LogP contribution is 2.22. The molecule has 0 aromatic carbocycles. The van der Waals surface area contributed by atoms with Crippen molar-refractivity contribution in [2.45, 2.75) is 47.1 Å². The van der Waals surface area contributed by atoms with Gasteiger partial charge in [-0.2, -0.15) is 0 Å². The Bertz CT molecular complexity index is 416. The van der Waals surface area contributed by atoms with Crippen LogP contribution >= 0.6 is 0 Å². The lowest BCUT2D eigenvalue weighted by atomic mass is 9.85. The van der Waals surface area contributed by atoms with Gasteiger partial charge >= 0.3 is 0 Å². The highest BCUT2D eigenvalue weighted by atomic mass is 16.5. The van der Waals surface area contributed by atoms with E-state index in [9.17, 15) is 19.6 Å². The van der Waals surface area contributed by atoms with Gasteiger partial charge in [-0.3, -0.25) is 19.6 Å². The van der Waals surface area contributed by atoms with Gasteiger partial charge in [-0.15, -0.1) is 0 Å². The van der Waals surface area contributed by atoms with Crippen LogP contribution in [0.4, 0.5) is 0 Å². The van der Waals surface area contributed by atoms with E-state index >= 15 is 0 Å². The van der Waals surface area contributed by atoms with E-state index in [4.69, 9.17) is 0 Å². The second-order valence-corrected chi connectivity index (χ2v) is 7.59. The molecule has 0 aromatic rings. The molecule has 2 N–H and O–H groups in total. The molecule has 2 atom stereocenters. The molecule has 7 nitrogen and oxygen atoms in total. The van der Waals surface area contributed by atoms with Gasteiger partial charge < -0.3 is 10.2 Å². The average Bonchev–Trinajstić information content (AvgIpc) is 2.40. The third-order valence-electron chi connectivity index (χ3n) is 3.50. The number of carbonyl (C=O) groups is 3. The minimum atomic E-state index is -0.678. The molecular formula is C16H31N3O4. The van der Waals surface area contributed by atoms with E-state index < -0.39 is 17.4 Å². The smallest absolute Gasteiger partial charge is 0.245 e. The van der Waals surface area contributed by atoms with E-state index in [-0.39, 0.29) is 30.7 Å². The predicted molar refractivity (Wildman–Crippen MR) is 87.6 cm³/mol. The molecule has 0 rings (SSSR count). The van der Waals surface area contributed by atoms with Crippen molar-refractivity contribution in [2.75, 3.05) is 20.6 Å². The lowest BCUT2D eigenvalue weighted by Gasteiger charge is -2.33. The third-order valence-corrected chi connectivity index (χ3v) is 3.50. The van der Waals surface area contributed by atoms with E-state index in [1.165, 1.54) is 4.90 Å². The first-order valence-corrected chi connectivity index (χ1v) is 7.82. The molecule has 3 amide bonds. The SMILES string of the molecule is CC(C)CC(CN(O)C=O)C(=O)NC(C(=O)N(C)C)C(C)(C)C. The molecule has 23 heavy (non-hydrogen) atoms. The van der Waals surface area contributed by atoms with Crippen molar-refractivity contribution >= 4 is 18.2 Å². The summed E-state index contributed by atoms with van der Waals surface area (Å²) in [6.45, 7) is 9.44. The van der Waals surface area contributed by atoms with Crippen molar-refractivity contribution in [1.82, 2.24) is 15.3 Å². The molecule has 0 aliphatic heterocycles. The second-order valence-electron chi connectivity index (χ2n) is 7.59. The Labute approximate surface area is 139 Å². The number of nitrogens with zero attached hydrogens (tertiary/aromatic N) is 2. The molecule has 0 aliphatic carbocycles. The van der Waals surface area contributed by atoms with Crippen LogP contribution in [0.3, 0.4) is 0 Å². The molecule has 0 saturated heterocycles. The molecule has 0 heterocycles. The van der Waals surface area contributed by atoms with Crippen molar-refractivity contribution in [3.8, 4) is 0 Å². The van der Waals surface area contributed by atoms with Gasteiger partial charge in [0.05, 0.1) is 12.5 Å². The van der Waals surface area contributed by atoms with Gasteiger partial charge in [-0.05, 0) is 17.8 Å². The third kappa shape index (κ3) is 7.45. The van der Waals surface area contributed by atoms with Gasteiger partial charge in [-0.25, -0.2) is 5.06 Å². The van der Waals surface area contributed by atoms with Crippen molar-refractivity contribution in [3.63, 3.8) is 0 Å². The topological polar surface area (TPSA) is 90.0 Å². The van der Waals surface area contributed by atoms with Gasteiger partial charge in [0.15, 0.2) is 0 Å². The molecule has 0 spiro atoms. The Morgan fingerprint density at radius 3 is 2.09 bits per heavy atom. The van der Waals surface area contributed by atoms with Crippen LogP contribution in [0.15, 0.2) is 0 Å². The lowest BCUT2D eigenvalue weighted by molar-refractivity contribution is -0.155. The normalized spacial score (nSPS) is 14.1. The van der Waals surface area contributed by atoms with Gasteiger partial charge in [0.2, 0.25) is 18.2 Å². The molecule has 2 unspecified atom stereocenters. The van der Waals surface area contributed by atoms with Crippen LogP contribution in [0.5, 0.6) is 0 Å². The summed E-state index contributed by atoms with van der Waals surface area (Å²) in [5.41, 5.74) is -0.455. The predicted octanol–water partition coefficient (Wildman–Crippen LogP) is 1.12. The van der Waals surface area contributed by atoms with Crippen molar-refractivity contribution in [1.29, 1.82) is 0 Å². The fourth-order valence-electron chi connectivity index (χ4n) is 2.27. The molecular weight excluding hydrogens is 298 g/mol. The first-order chi connectivity index (χ1) is 10.4. The molecule has 0 radical (unpaired) electrons. The number of hydrogen-bond donors (Lipinski definition) is 2. The zero-order valence-corrected chi connectivity index (χ0v) is 15.3. The number of amides is 3. The molecule has 0 bridgehead atoms. The summed E-state index contributed by atoms with van der Waals surface area (Å²) in [7, 11) is 3.28. The van der Waals surface area contributed by atoms with Gasteiger partial charge in [0, 0.05) is 14.1 Å². The Balaban J connectivity index is 5.23. The van der Waals surface area contributed by atoms with Crippen molar-refractivity contribution in [2.24, 2.45) is 17.3 Å². The maximum absolute atomic E-state index is 12.6. The highest BCUT2D eigenvalue weighted by molar-refractivity contribution is 5.89. The molecule has 7 heteroatoms. The number of carbonyl (C=O) groups excluding carboxylic acids is 3. The first-order valence-electron chi connectivity index (χ1n) is 7.82. The Morgan fingerprint density at radius 2 is 1.74 bits per heavy atom. The fourth-order valence-corrected chi connectivity index (χ4v) is 2.27. The standard InChI is InChI=1S/C16H31N3O4/c1-11(2)8-12(9-19(23)10-20)14(21)17-13(16(3,4)5)15(22)18(6)7/h10-13,23H,8-9H2,1-7H3,(H,17,21). The van der Waals surface area contributed by atoms with E-state index in [0.717, 1.165) is 0 Å². The summed E-state index contributed by atoms with van der Waals surface area (Å²) in [6, 6.07) is -0.678. The summed E-state index contributed by atoms with van der Waals surface area (Å²) in [5, 5.41) is 12.6. The van der Waals surface area contributed by atoms with Crippen LogP contribution < -0.4 is 5.32 Å². The Morgan fingerprint density at radius 1 is 1.22 bits per heavy atom. The Hall–Kier alpha value is -1.63. The van der Waals surface area contributed by atoms with Crippen LogP contribution in [-0.2, 0) is 14.4 Å².